The van der Waals surface area contributed by atoms with Crippen molar-refractivity contribution in [2.75, 3.05) is 5.32 Å². The molecule has 3 aromatic rings. The van der Waals surface area contributed by atoms with E-state index in [1.807, 2.05) is 25.1 Å². The maximum Gasteiger partial charge on any atom is 0.319 e. The van der Waals surface area contributed by atoms with Gasteiger partial charge in [-0.1, -0.05) is 18.2 Å². The van der Waals surface area contributed by atoms with Crippen molar-refractivity contribution in [1.29, 1.82) is 0 Å². The van der Waals surface area contributed by atoms with E-state index in [1.165, 1.54) is 30.4 Å². The lowest BCUT2D eigenvalue weighted by Gasteiger charge is -2.20. The van der Waals surface area contributed by atoms with Crippen molar-refractivity contribution in [2.45, 2.75) is 38.6 Å². The number of imidazole rings is 1. The van der Waals surface area contributed by atoms with E-state index in [4.69, 9.17) is 0 Å². The van der Waals surface area contributed by atoms with E-state index in [0.717, 1.165) is 28.7 Å². The molecular formula is C20H22N4O. The van der Waals surface area contributed by atoms with E-state index in [2.05, 4.69) is 38.8 Å². The van der Waals surface area contributed by atoms with Crippen molar-refractivity contribution in [3.8, 4) is 0 Å². The number of aromatic nitrogens is 2. The van der Waals surface area contributed by atoms with Gasteiger partial charge in [-0.3, -0.25) is 0 Å². The van der Waals surface area contributed by atoms with Crippen LogP contribution in [0.25, 0.3) is 11.0 Å². The van der Waals surface area contributed by atoms with Crippen LogP contribution in [0.15, 0.2) is 42.7 Å². The molecule has 0 bridgehead atoms. The third-order valence-electron chi connectivity index (χ3n) is 4.90. The molecule has 1 unspecified atom stereocenters. The molecule has 0 fully saturated rings. The van der Waals surface area contributed by atoms with Crippen molar-refractivity contribution < 1.29 is 4.79 Å². The van der Waals surface area contributed by atoms with Crippen LogP contribution in [0.4, 0.5) is 10.5 Å². The van der Waals surface area contributed by atoms with Crippen LogP contribution in [0, 0.1) is 0 Å². The molecule has 3 N–H and O–H groups in total. The van der Waals surface area contributed by atoms with Gasteiger partial charge in [0.1, 0.15) is 0 Å². The highest BCUT2D eigenvalue weighted by molar-refractivity contribution is 5.92. The van der Waals surface area contributed by atoms with Gasteiger partial charge in [-0.15, -0.1) is 0 Å². The van der Waals surface area contributed by atoms with Gasteiger partial charge in [-0.2, -0.15) is 0 Å². The zero-order valence-corrected chi connectivity index (χ0v) is 14.3. The van der Waals surface area contributed by atoms with Crippen molar-refractivity contribution in [3.63, 3.8) is 0 Å². The van der Waals surface area contributed by atoms with Crippen molar-refractivity contribution in [2.24, 2.45) is 0 Å². The van der Waals surface area contributed by atoms with Crippen LogP contribution < -0.4 is 10.6 Å². The summed E-state index contributed by atoms with van der Waals surface area (Å²) < 4.78 is 0. The predicted octanol–water partition coefficient (Wildman–Crippen LogP) is 4.32. The fraction of sp³-hybridized carbons (Fsp3) is 0.300. The monoisotopic (exact) mass is 334 g/mol. The summed E-state index contributed by atoms with van der Waals surface area (Å²) in [6.45, 7) is 2.02. The number of anilines is 1. The first-order valence-electron chi connectivity index (χ1n) is 8.81. The lowest BCUT2D eigenvalue weighted by molar-refractivity contribution is 0.249. The quantitative estimate of drug-likeness (QED) is 0.667. The number of carbonyl (C=O) groups is 1. The number of hydrogen-bond donors (Lipinski definition) is 3. The molecule has 1 aromatic heterocycles. The van der Waals surface area contributed by atoms with Crippen LogP contribution in [0.3, 0.4) is 0 Å². The maximum absolute atomic E-state index is 12.3. The number of carbonyl (C=O) groups excluding carboxylic acids is 1. The van der Waals surface area contributed by atoms with Crippen LogP contribution in [-0.2, 0) is 12.8 Å². The molecule has 1 heterocycles. The minimum Gasteiger partial charge on any atom is -0.345 e. The Morgan fingerprint density at radius 2 is 1.96 bits per heavy atom. The lowest BCUT2D eigenvalue weighted by Crippen LogP contribution is -2.31. The number of rotatable bonds is 3. The zero-order valence-electron chi connectivity index (χ0n) is 14.3. The second-order valence-corrected chi connectivity index (χ2v) is 6.69. The Balaban J connectivity index is 1.43. The van der Waals surface area contributed by atoms with Crippen LogP contribution in [0.2, 0.25) is 0 Å². The molecule has 0 aliphatic heterocycles. The van der Waals surface area contributed by atoms with Gasteiger partial charge in [-0.25, -0.2) is 9.78 Å². The van der Waals surface area contributed by atoms with Gasteiger partial charge in [0, 0.05) is 5.69 Å². The molecule has 128 valence electrons. The molecule has 5 nitrogen and oxygen atoms in total. The Labute approximate surface area is 146 Å². The second-order valence-electron chi connectivity index (χ2n) is 6.69. The summed E-state index contributed by atoms with van der Waals surface area (Å²) in [6, 6.07) is 12.0. The highest BCUT2D eigenvalue weighted by Crippen LogP contribution is 2.25. The molecule has 2 aromatic carbocycles. The predicted molar refractivity (Wildman–Crippen MR) is 99.7 cm³/mol. The van der Waals surface area contributed by atoms with Gasteiger partial charge in [0.05, 0.1) is 23.4 Å². The highest BCUT2D eigenvalue weighted by atomic mass is 16.2. The summed E-state index contributed by atoms with van der Waals surface area (Å²) in [7, 11) is 0. The maximum atomic E-state index is 12.3. The molecule has 4 rings (SSSR count). The minimum atomic E-state index is -0.205. The number of benzene rings is 2. The molecule has 0 spiro atoms. The average molecular weight is 334 g/mol. The van der Waals surface area contributed by atoms with Crippen LogP contribution in [-0.4, -0.2) is 16.0 Å². The zero-order chi connectivity index (χ0) is 17.2. The lowest BCUT2D eigenvalue weighted by atomic mass is 9.89. The van der Waals surface area contributed by atoms with Gasteiger partial charge < -0.3 is 15.6 Å². The fourth-order valence-corrected chi connectivity index (χ4v) is 3.48. The first kappa shape index (κ1) is 15.7. The highest BCUT2D eigenvalue weighted by Gasteiger charge is 2.14. The number of fused-ring (bicyclic) bond motifs is 2. The van der Waals surface area contributed by atoms with E-state index in [9.17, 15) is 4.79 Å². The normalized spacial score (nSPS) is 14.8. The van der Waals surface area contributed by atoms with E-state index >= 15 is 0 Å². The summed E-state index contributed by atoms with van der Waals surface area (Å²) in [5.41, 5.74) is 6.57. The van der Waals surface area contributed by atoms with Gasteiger partial charge in [-0.05, 0) is 67.5 Å². The number of aryl methyl sites for hydroxylation is 2. The molecular weight excluding hydrogens is 312 g/mol. The Bertz CT molecular complexity index is 915. The Morgan fingerprint density at radius 3 is 2.84 bits per heavy atom. The number of hydrogen-bond acceptors (Lipinski definition) is 2. The average Bonchev–Trinajstić information content (AvgIpc) is 3.09. The molecule has 2 amide bonds. The molecule has 1 aliphatic rings. The van der Waals surface area contributed by atoms with Crippen molar-refractivity contribution in [1.82, 2.24) is 15.3 Å². The Kier molecular flexibility index (Phi) is 4.14. The van der Waals surface area contributed by atoms with E-state index in [1.54, 1.807) is 6.33 Å². The van der Waals surface area contributed by atoms with Crippen LogP contribution in [0.1, 0.15) is 42.5 Å². The standard InChI is InChI=1S/C20H22N4O/c1-13(15-7-6-14-4-2-3-5-16(14)10-15)23-20(25)24-17-8-9-18-19(11-17)22-12-21-18/h6-13H,2-5H2,1H3,(H,21,22)(H2,23,24,25). The van der Waals surface area contributed by atoms with Gasteiger partial charge in [0.2, 0.25) is 0 Å². The topological polar surface area (TPSA) is 69.8 Å². The van der Waals surface area contributed by atoms with E-state index in [-0.39, 0.29) is 12.1 Å². The van der Waals surface area contributed by atoms with Crippen molar-refractivity contribution >= 4 is 22.8 Å². The summed E-state index contributed by atoms with van der Waals surface area (Å²) in [4.78, 5) is 19.5. The van der Waals surface area contributed by atoms with Crippen LogP contribution >= 0.6 is 0 Å². The third kappa shape index (κ3) is 3.36. The smallest absolute Gasteiger partial charge is 0.319 e. The third-order valence-corrected chi connectivity index (χ3v) is 4.90. The fourth-order valence-electron chi connectivity index (χ4n) is 3.48. The molecule has 1 aliphatic carbocycles. The van der Waals surface area contributed by atoms with Gasteiger partial charge in [0.15, 0.2) is 0 Å². The molecule has 5 heteroatoms. The summed E-state index contributed by atoms with van der Waals surface area (Å²) in [5, 5.41) is 5.91. The summed E-state index contributed by atoms with van der Waals surface area (Å²) in [6.07, 6.45) is 6.50. The molecule has 0 radical (unpaired) electrons. The second kappa shape index (κ2) is 6.59. The number of H-pyrrole nitrogens is 1. The molecule has 0 saturated carbocycles. The number of amides is 2. The van der Waals surface area contributed by atoms with E-state index < -0.39 is 0 Å². The Hall–Kier alpha value is -2.82. The summed E-state index contributed by atoms with van der Waals surface area (Å²) >= 11 is 0. The molecule has 1 atom stereocenters. The number of urea groups is 1. The van der Waals surface area contributed by atoms with Gasteiger partial charge in [0.25, 0.3) is 0 Å². The first-order valence-corrected chi connectivity index (χ1v) is 8.81. The van der Waals surface area contributed by atoms with Gasteiger partial charge >= 0.3 is 6.03 Å². The molecule has 0 saturated heterocycles. The summed E-state index contributed by atoms with van der Waals surface area (Å²) in [5.74, 6) is 0. The molecule has 25 heavy (non-hydrogen) atoms. The number of nitrogens with zero attached hydrogens (tertiary/aromatic N) is 1. The van der Waals surface area contributed by atoms with Crippen molar-refractivity contribution in [3.05, 3.63) is 59.4 Å². The first-order chi connectivity index (χ1) is 12.2. The minimum absolute atomic E-state index is 0.0388. The Morgan fingerprint density at radius 1 is 1.12 bits per heavy atom. The SMILES string of the molecule is CC(NC(=O)Nc1ccc2nc[nH]c2c1)c1ccc2c(c1)CCCC2. The number of nitrogens with one attached hydrogen (secondary N) is 3. The van der Waals surface area contributed by atoms with E-state index in [0.29, 0.717) is 0 Å². The largest absolute Gasteiger partial charge is 0.345 e. The van der Waals surface area contributed by atoms with Crippen LogP contribution in [0.5, 0.6) is 0 Å². The number of aromatic amines is 1.